The average molecular weight is 442 g/mol. The third-order valence-electron chi connectivity index (χ3n) is 6.25. The van der Waals surface area contributed by atoms with Gasteiger partial charge in [-0.05, 0) is 49.8 Å². The summed E-state index contributed by atoms with van der Waals surface area (Å²) in [6.45, 7) is 2.12. The number of urea groups is 1. The summed E-state index contributed by atoms with van der Waals surface area (Å²) in [5, 5.41) is 4.93. The molecule has 0 spiro atoms. The lowest BCUT2D eigenvalue weighted by molar-refractivity contribution is -0.136. The Labute approximate surface area is 185 Å². The van der Waals surface area contributed by atoms with Crippen molar-refractivity contribution < 1.29 is 28.7 Å². The summed E-state index contributed by atoms with van der Waals surface area (Å²) in [5.41, 5.74) is 0.686. The van der Waals surface area contributed by atoms with Crippen molar-refractivity contribution in [1.29, 1.82) is 0 Å². The molecule has 32 heavy (non-hydrogen) atoms. The molecular formula is C22H26N4O6. The molecule has 0 aromatic heterocycles. The highest BCUT2D eigenvalue weighted by atomic mass is 16.5. The van der Waals surface area contributed by atoms with Crippen LogP contribution in [0.5, 0.6) is 0 Å². The molecule has 0 aliphatic carbocycles. The highest BCUT2D eigenvalue weighted by molar-refractivity contribution is 6.23. The Morgan fingerprint density at radius 3 is 2.56 bits per heavy atom. The van der Waals surface area contributed by atoms with Crippen molar-refractivity contribution in [3.63, 3.8) is 0 Å². The maximum atomic E-state index is 12.9. The Bertz CT molecular complexity index is 971. The van der Waals surface area contributed by atoms with Crippen LogP contribution in [-0.4, -0.2) is 72.3 Å². The molecule has 3 aliphatic heterocycles. The smallest absolute Gasteiger partial charge is 0.321 e. The number of carbonyl (C=O) groups is 5. The zero-order valence-electron chi connectivity index (χ0n) is 17.9. The molecule has 2 saturated heterocycles. The standard InChI is InChI=1S/C22H26N4O6/c1-25(9-6-13-7-10-32-11-8-13)22(31)23-14-2-3-15-16(12-14)21(30)26(20(15)29)17-4-5-18(27)24-19(17)28/h2-3,12-13,17H,4-11H2,1H3,(H,23,31)(H,24,27,28). The van der Waals surface area contributed by atoms with Gasteiger partial charge >= 0.3 is 6.03 Å². The molecule has 4 rings (SSSR count). The van der Waals surface area contributed by atoms with Crippen molar-refractivity contribution in [3.05, 3.63) is 29.3 Å². The second kappa shape index (κ2) is 9.07. The van der Waals surface area contributed by atoms with Gasteiger partial charge in [0.1, 0.15) is 6.04 Å². The molecule has 1 aromatic rings. The number of benzene rings is 1. The summed E-state index contributed by atoms with van der Waals surface area (Å²) in [5.74, 6) is -1.72. The Balaban J connectivity index is 1.40. The van der Waals surface area contributed by atoms with Crippen molar-refractivity contribution in [2.45, 2.75) is 38.1 Å². The first-order valence-corrected chi connectivity index (χ1v) is 10.8. The molecule has 170 valence electrons. The molecular weight excluding hydrogens is 416 g/mol. The molecule has 1 aromatic carbocycles. The molecule has 10 nitrogen and oxygen atoms in total. The van der Waals surface area contributed by atoms with E-state index in [1.165, 1.54) is 12.1 Å². The number of hydrogen-bond donors (Lipinski definition) is 2. The number of rotatable bonds is 5. The fourth-order valence-electron chi connectivity index (χ4n) is 4.28. The Morgan fingerprint density at radius 2 is 1.84 bits per heavy atom. The van der Waals surface area contributed by atoms with Crippen molar-refractivity contribution >= 4 is 35.3 Å². The van der Waals surface area contributed by atoms with E-state index in [-0.39, 0.29) is 30.0 Å². The van der Waals surface area contributed by atoms with Crippen molar-refractivity contribution in [2.24, 2.45) is 5.92 Å². The van der Waals surface area contributed by atoms with Crippen LogP contribution in [0.1, 0.15) is 52.8 Å². The second-order valence-electron chi connectivity index (χ2n) is 8.40. The third kappa shape index (κ3) is 4.36. The predicted octanol–water partition coefficient (Wildman–Crippen LogP) is 1.37. The number of amides is 6. The second-order valence-corrected chi connectivity index (χ2v) is 8.40. The largest absolute Gasteiger partial charge is 0.381 e. The van der Waals surface area contributed by atoms with Crippen LogP contribution in [0.3, 0.4) is 0 Å². The van der Waals surface area contributed by atoms with E-state index in [0.717, 1.165) is 37.4 Å². The van der Waals surface area contributed by atoms with Crippen LogP contribution in [0.15, 0.2) is 18.2 Å². The van der Waals surface area contributed by atoms with Gasteiger partial charge in [-0.2, -0.15) is 0 Å². The number of ether oxygens (including phenoxy) is 1. The molecule has 3 aliphatic rings. The number of carbonyl (C=O) groups excluding carboxylic acids is 5. The maximum Gasteiger partial charge on any atom is 0.321 e. The maximum absolute atomic E-state index is 12.9. The van der Waals surface area contributed by atoms with Crippen LogP contribution in [0.2, 0.25) is 0 Å². The zero-order chi connectivity index (χ0) is 22.8. The highest BCUT2D eigenvalue weighted by Crippen LogP contribution is 2.29. The van der Waals surface area contributed by atoms with Gasteiger partial charge in [0, 0.05) is 38.9 Å². The van der Waals surface area contributed by atoms with E-state index < -0.39 is 29.7 Å². The molecule has 10 heteroatoms. The number of hydrogen-bond acceptors (Lipinski definition) is 6. The van der Waals surface area contributed by atoms with Crippen LogP contribution in [0.4, 0.5) is 10.5 Å². The Kier molecular flexibility index (Phi) is 6.22. The topological polar surface area (TPSA) is 125 Å². The van der Waals surface area contributed by atoms with Crippen LogP contribution < -0.4 is 10.6 Å². The quantitative estimate of drug-likeness (QED) is 0.664. The normalized spacial score (nSPS) is 21.4. The summed E-state index contributed by atoms with van der Waals surface area (Å²) >= 11 is 0. The van der Waals surface area contributed by atoms with Crippen LogP contribution >= 0.6 is 0 Å². The van der Waals surface area contributed by atoms with E-state index in [0.29, 0.717) is 18.2 Å². The lowest BCUT2D eigenvalue weighted by Gasteiger charge is -2.27. The van der Waals surface area contributed by atoms with Crippen molar-refractivity contribution in [1.82, 2.24) is 15.1 Å². The lowest BCUT2D eigenvalue weighted by Crippen LogP contribution is -2.54. The van der Waals surface area contributed by atoms with E-state index in [1.54, 1.807) is 18.0 Å². The minimum absolute atomic E-state index is 0.0608. The fourth-order valence-corrected chi connectivity index (χ4v) is 4.28. The van der Waals surface area contributed by atoms with E-state index >= 15 is 0 Å². The number of nitrogens with zero attached hydrogens (tertiary/aromatic N) is 2. The van der Waals surface area contributed by atoms with Gasteiger partial charge in [0.15, 0.2) is 0 Å². The van der Waals surface area contributed by atoms with Crippen molar-refractivity contribution in [2.75, 3.05) is 32.1 Å². The highest BCUT2D eigenvalue weighted by Gasteiger charge is 2.44. The number of piperidine rings is 1. The molecule has 0 radical (unpaired) electrons. The summed E-state index contributed by atoms with van der Waals surface area (Å²) in [7, 11) is 1.71. The molecule has 1 atom stereocenters. The molecule has 3 heterocycles. The van der Waals surface area contributed by atoms with E-state index in [2.05, 4.69) is 10.6 Å². The molecule has 0 bridgehead atoms. The average Bonchev–Trinajstić information content (AvgIpc) is 3.02. The fraction of sp³-hybridized carbons (Fsp3) is 0.500. The van der Waals surface area contributed by atoms with E-state index in [9.17, 15) is 24.0 Å². The van der Waals surface area contributed by atoms with E-state index in [4.69, 9.17) is 4.74 Å². The Morgan fingerprint density at radius 1 is 1.12 bits per heavy atom. The first-order chi connectivity index (χ1) is 15.3. The number of imide groups is 2. The summed E-state index contributed by atoms with van der Waals surface area (Å²) in [6, 6.07) is 3.15. The van der Waals surface area contributed by atoms with Crippen LogP contribution in [0, 0.1) is 5.92 Å². The number of fused-ring (bicyclic) bond motifs is 1. The lowest BCUT2D eigenvalue weighted by atomic mass is 9.96. The number of anilines is 1. The van der Waals surface area contributed by atoms with Gasteiger partial charge in [0.2, 0.25) is 11.8 Å². The third-order valence-corrected chi connectivity index (χ3v) is 6.25. The summed E-state index contributed by atoms with van der Waals surface area (Å²) in [6.07, 6.45) is 3.05. The van der Waals surface area contributed by atoms with Gasteiger partial charge in [0.05, 0.1) is 11.1 Å². The van der Waals surface area contributed by atoms with Gasteiger partial charge in [-0.25, -0.2) is 4.79 Å². The van der Waals surface area contributed by atoms with Gasteiger partial charge in [-0.15, -0.1) is 0 Å². The van der Waals surface area contributed by atoms with Crippen LogP contribution in [0.25, 0.3) is 0 Å². The summed E-state index contributed by atoms with van der Waals surface area (Å²) < 4.78 is 5.36. The SMILES string of the molecule is CN(CCC1CCOCC1)C(=O)Nc1ccc2c(c1)C(=O)N(C1CCC(=O)NC1=O)C2=O. The molecule has 0 saturated carbocycles. The van der Waals surface area contributed by atoms with E-state index in [1.807, 2.05) is 0 Å². The number of nitrogens with one attached hydrogen (secondary N) is 2. The molecule has 6 amide bonds. The summed E-state index contributed by atoms with van der Waals surface area (Å²) in [4.78, 5) is 64.2. The monoisotopic (exact) mass is 442 g/mol. The zero-order valence-corrected chi connectivity index (χ0v) is 17.9. The predicted molar refractivity (Wildman–Crippen MR) is 113 cm³/mol. The van der Waals surface area contributed by atoms with Crippen molar-refractivity contribution in [3.8, 4) is 0 Å². The minimum atomic E-state index is -1.02. The first kappa shape index (κ1) is 21.9. The molecule has 2 fully saturated rings. The Hall–Kier alpha value is -3.27. The van der Waals surface area contributed by atoms with Gasteiger partial charge in [-0.1, -0.05) is 0 Å². The molecule has 2 N–H and O–H groups in total. The van der Waals surface area contributed by atoms with Gasteiger partial charge in [-0.3, -0.25) is 29.4 Å². The first-order valence-electron chi connectivity index (χ1n) is 10.8. The van der Waals surface area contributed by atoms with Gasteiger partial charge in [0.25, 0.3) is 11.8 Å². The van der Waals surface area contributed by atoms with Crippen LogP contribution in [-0.2, 0) is 14.3 Å². The van der Waals surface area contributed by atoms with Gasteiger partial charge < -0.3 is 15.0 Å². The minimum Gasteiger partial charge on any atom is -0.381 e. The molecule has 1 unspecified atom stereocenters.